The monoisotopic (exact) mass is 381 g/mol. The molecule has 0 bridgehead atoms. The molecule has 2 aliphatic rings. The molecule has 0 radical (unpaired) electrons. The summed E-state index contributed by atoms with van der Waals surface area (Å²) >= 11 is 1.64. The Morgan fingerprint density at radius 3 is 2.62 bits per heavy atom. The summed E-state index contributed by atoms with van der Waals surface area (Å²) in [5.74, 6) is 0. The van der Waals surface area contributed by atoms with Crippen LogP contribution in [-0.4, -0.2) is 83.7 Å². The number of amides is 2. The van der Waals surface area contributed by atoms with Crippen molar-refractivity contribution in [2.75, 3.05) is 52.9 Å². The Morgan fingerprint density at radius 2 is 1.96 bits per heavy atom. The van der Waals surface area contributed by atoms with Crippen LogP contribution in [0.1, 0.15) is 36.9 Å². The second-order valence-corrected chi connectivity index (χ2v) is 8.40. The lowest BCUT2D eigenvalue weighted by atomic mass is 9.89. The van der Waals surface area contributed by atoms with E-state index in [-0.39, 0.29) is 6.03 Å². The first kappa shape index (κ1) is 19.5. The van der Waals surface area contributed by atoms with Crippen molar-refractivity contribution in [1.29, 1.82) is 0 Å². The topological polar surface area (TPSA) is 71.9 Å². The number of piperidine rings is 1. The van der Waals surface area contributed by atoms with Crippen molar-refractivity contribution in [3.8, 4) is 0 Å². The van der Waals surface area contributed by atoms with Crippen LogP contribution in [0.2, 0.25) is 0 Å². The molecule has 7 nitrogen and oxygen atoms in total. The van der Waals surface area contributed by atoms with E-state index in [1.165, 1.54) is 0 Å². The standard InChI is InChI=1S/C18H31N5O2S/c1-3-6-19-17(24)23-7-4-18(25,5-8-23)15-14-26-16(20-15)13-22-11-9-21(2)10-12-22/h14,25H,3-13H2,1-2H3,(H,19,24). The number of carbonyl (C=O) groups is 1. The van der Waals surface area contributed by atoms with Crippen molar-refractivity contribution in [2.45, 2.75) is 38.3 Å². The van der Waals surface area contributed by atoms with Gasteiger partial charge in [-0.2, -0.15) is 0 Å². The number of hydrogen-bond acceptors (Lipinski definition) is 6. The minimum atomic E-state index is -0.904. The number of aromatic nitrogens is 1. The van der Waals surface area contributed by atoms with Gasteiger partial charge in [-0.15, -0.1) is 11.3 Å². The van der Waals surface area contributed by atoms with Gasteiger partial charge < -0.3 is 20.2 Å². The van der Waals surface area contributed by atoms with Gasteiger partial charge in [0, 0.05) is 51.2 Å². The molecule has 8 heteroatoms. The van der Waals surface area contributed by atoms with E-state index >= 15 is 0 Å². The Hall–Kier alpha value is -1.22. The summed E-state index contributed by atoms with van der Waals surface area (Å²) in [7, 11) is 2.16. The number of likely N-dealkylation sites (tertiary alicyclic amines) is 1. The number of nitrogens with zero attached hydrogens (tertiary/aromatic N) is 4. The average Bonchev–Trinajstić information content (AvgIpc) is 3.12. The van der Waals surface area contributed by atoms with Gasteiger partial charge >= 0.3 is 6.03 Å². The first-order chi connectivity index (χ1) is 12.5. The minimum Gasteiger partial charge on any atom is -0.383 e. The van der Waals surface area contributed by atoms with Gasteiger partial charge in [0.25, 0.3) is 0 Å². The van der Waals surface area contributed by atoms with Gasteiger partial charge in [-0.1, -0.05) is 6.92 Å². The van der Waals surface area contributed by atoms with E-state index in [1.807, 2.05) is 12.3 Å². The molecule has 146 valence electrons. The minimum absolute atomic E-state index is 0.0251. The number of nitrogens with one attached hydrogen (secondary N) is 1. The lowest BCUT2D eigenvalue weighted by Gasteiger charge is -2.37. The molecule has 3 heterocycles. The third kappa shape index (κ3) is 4.73. The van der Waals surface area contributed by atoms with Crippen LogP contribution in [0, 0.1) is 0 Å². The van der Waals surface area contributed by atoms with E-state index in [0.717, 1.165) is 49.8 Å². The van der Waals surface area contributed by atoms with Crippen molar-refractivity contribution in [2.24, 2.45) is 0 Å². The van der Waals surface area contributed by atoms with Crippen molar-refractivity contribution in [3.05, 3.63) is 16.1 Å². The zero-order chi connectivity index (χ0) is 18.6. The summed E-state index contributed by atoms with van der Waals surface area (Å²) in [5, 5.41) is 17.0. The van der Waals surface area contributed by atoms with Crippen LogP contribution in [0.5, 0.6) is 0 Å². The number of likely N-dealkylation sites (N-methyl/N-ethyl adjacent to an activating group) is 1. The lowest BCUT2D eigenvalue weighted by Crippen LogP contribution is -2.49. The zero-order valence-corrected chi connectivity index (χ0v) is 16.7. The maximum absolute atomic E-state index is 12.1. The molecule has 0 saturated carbocycles. The highest BCUT2D eigenvalue weighted by Gasteiger charge is 2.37. The number of piperazine rings is 1. The Morgan fingerprint density at radius 1 is 1.27 bits per heavy atom. The molecule has 0 atom stereocenters. The highest BCUT2D eigenvalue weighted by molar-refractivity contribution is 7.09. The Kier molecular flexibility index (Phi) is 6.50. The molecule has 1 aromatic heterocycles. The van der Waals surface area contributed by atoms with Crippen LogP contribution in [0.15, 0.2) is 5.38 Å². The van der Waals surface area contributed by atoms with Gasteiger partial charge in [0.2, 0.25) is 0 Å². The van der Waals surface area contributed by atoms with Gasteiger partial charge in [-0.25, -0.2) is 9.78 Å². The number of urea groups is 1. The summed E-state index contributed by atoms with van der Waals surface area (Å²) in [6.45, 7) is 9.05. The van der Waals surface area contributed by atoms with Crippen molar-refractivity contribution < 1.29 is 9.90 Å². The van der Waals surface area contributed by atoms with Gasteiger partial charge in [-0.05, 0) is 26.3 Å². The molecule has 2 amide bonds. The molecule has 2 aliphatic heterocycles. The van der Waals surface area contributed by atoms with Gasteiger partial charge in [0.1, 0.15) is 10.6 Å². The Labute approximate surface area is 160 Å². The summed E-state index contributed by atoms with van der Waals surface area (Å²) in [5.41, 5.74) is -0.126. The Balaban J connectivity index is 1.53. The second kappa shape index (κ2) is 8.65. The third-order valence-electron chi connectivity index (χ3n) is 5.39. The molecular weight excluding hydrogens is 350 g/mol. The fourth-order valence-electron chi connectivity index (χ4n) is 3.47. The molecule has 0 aromatic carbocycles. The molecule has 2 fully saturated rings. The molecule has 26 heavy (non-hydrogen) atoms. The first-order valence-corrected chi connectivity index (χ1v) is 10.5. The quantitative estimate of drug-likeness (QED) is 0.804. The predicted octanol–water partition coefficient (Wildman–Crippen LogP) is 1.29. The first-order valence-electron chi connectivity index (χ1n) is 9.61. The van der Waals surface area contributed by atoms with E-state index in [1.54, 1.807) is 16.2 Å². The van der Waals surface area contributed by atoms with Crippen LogP contribution < -0.4 is 5.32 Å². The van der Waals surface area contributed by atoms with Crippen LogP contribution in [0.25, 0.3) is 0 Å². The van der Waals surface area contributed by atoms with E-state index in [9.17, 15) is 9.90 Å². The highest BCUT2D eigenvalue weighted by atomic mass is 32.1. The predicted molar refractivity (Wildman–Crippen MR) is 103 cm³/mol. The summed E-state index contributed by atoms with van der Waals surface area (Å²) in [6.07, 6.45) is 2.02. The lowest BCUT2D eigenvalue weighted by molar-refractivity contribution is -0.0200. The van der Waals surface area contributed by atoms with Crippen LogP contribution >= 0.6 is 11.3 Å². The smallest absolute Gasteiger partial charge is 0.317 e. The van der Waals surface area contributed by atoms with Crippen LogP contribution in [0.4, 0.5) is 4.79 Å². The van der Waals surface area contributed by atoms with Crippen molar-refractivity contribution in [1.82, 2.24) is 25.0 Å². The summed E-state index contributed by atoms with van der Waals surface area (Å²) in [4.78, 5) is 23.4. The van der Waals surface area contributed by atoms with Crippen LogP contribution in [0.3, 0.4) is 0 Å². The SMILES string of the molecule is CCCNC(=O)N1CCC(O)(c2csc(CN3CCN(C)CC3)n2)CC1. The van der Waals surface area contributed by atoms with E-state index in [4.69, 9.17) is 4.98 Å². The van der Waals surface area contributed by atoms with E-state index < -0.39 is 5.60 Å². The van der Waals surface area contributed by atoms with Crippen LogP contribution in [-0.2, 0) is 12.1 Å². The molecular formula is C18H31N5O2S. The highest BCUT2D eigenvalue weighted by Crippen LogP contribution is 2.33. The number of carbonyl (C=O) groups excluding carboxylic acids is 1. The fourth-order valence-corrected chi connectivity index (χ4v) is 4.40. The van der Waals surface area contributed by atoms with Crippen molar-refractivity contribution in [3.63, 3.8) is 0 Å². The molecule has 3 rings (SSSR count). The molecule has 2 saturated heterocycles. The molecule has 0 unspecified atom stereocenters. The normalized spacial score (nSPS) is 21.7. The third-order valence-corrected chi connectivity index (χ3v) is 6.22. The molecule has 2 N–H and O–H groups in total. The number of rotatable bonds is 5. The Bertz CT molecular complexity index is 592. The maximum Gasteiger partial charge on any atom is 0.317 e. The van der Waals surface area contributed by atoms with E-state index in [0.29, 0.717) is 32.5 Å². The number of aliphatic hydroxyl groups is 1. The largest absolute Gasteiger partial charge is 0.383 e. The van der Waals surface area contributed by atoms with E-state index in [2.05, 4.69) is 22.2 Å². The molecule has 0 spiro atoms. The zero-order valence-electron chi connectivity index (χ0n) is 15.9. The molecule has 1 aromatic rings. The number of thiazole rings is 1. The van der Waals surface area contributed by atoms with Gasteiger partial charge in [0.15, 0.2) is 0 Å². The fraction of sp³-hybridized carbons (Fsp3) is 0.778. The van der Waals surface area contributed by atoms with Crippen molar-refractivity contribution >= 4 is 17.4 Å². The summed E-state index contributed by atoms with van der Waals surface area (Å²) in [6, 6.07) is -0.0251. The average molecular weight is 382 g/mol. The summed E-state index contributed by atoms with van der Waals surface area (Å²) < 4.78 is 0. The maximum atomic E-state index is 12.1. The van der Waals surface area contributed by atoms with Gasteiger partial charge in [-0.3, -0.25) is 4.90 Å². The number of hydrogen-bond donors (Lipinski definition) is 2. The second-order valence-electron chi connectivity index (χ2n) is 7.46. The van der Waals surface area contributed by atoms with Gasteiger partial charge in [0.05, 0.1) is 12.2 Å². The molecule has 0 aliphatic carbocycles.